The zero-order valence-electron chi connectivity index (χ0n) is 23.7. The van der Waals surface area contributed by atoms with Crippen LogP contribution >= 0.6 is 11.8 Å². The first-order valence-corrected chi connectivity index (χ1v) is 14.2. The van der Waals surface area contributed by atoms with E-state index in [1.54, 1.807) is 29.6 Å². The number of hydrogen-bond donors (Lipinski definition) is 0. The number of amidine groups is 1. The fourth-order valence-corrected chi connectivity index (χ4v) is 6.15. The zero-order valence-corrected chi connectivity index (χ0v) is 24.5. The van der Waals surface area contributed by atoms with E-state index in [1.807, 2.05) is 80.8 Å². The number of para-hydroxylation sites is 1. The Labute approximate surface area is 249 Å². The molecule has 1 aliphatic rings. The standard InChI is InChI=1S/C32H26F3N5O2S/c1-19-6-5-7-20(2)28(19)40-29(41)31(3,4)43-30(40)38-37-17-21-8-14-25-22(16-21)9-15-26-27(25)36-18-39(26)23-10-12-24(13-11-23)42-32(33,34)35/h5-18H,1-4H3/b37-17+,38-30-. The molecule has 0 aliphatic carbocycles. The summed E-state index contributed by atoms with van der Waals surface area (Å²) in [7, 11) is 0. The molecule has 7 nitrogen and oxygen atoms in total. The largest absolute Gasteiger partial charge is 0.573 e. The first-order chi connectivity index (χ1) is 20.4. The smallest absolute Gasteiger partial charge is 0.406 e. The number of carbonyl (C=O) groups is 1. The number of fused-ring (bicyclic) bond motifs is 3. The maximum absolute atomic E-state index is 13.3. The lowest BCUT2D eigenvalue weighted by Crippen LogP contribution is -2.36. The average Bonchev–Trinajstić information content (AvgIpc) is 3.47. The molecule has 0 atom stereocenters. The summed E-state index contributed by atoms with van der Waals surface area (Å²) in [5, 5.41) is 11.2. The predicted octanol–water partition coefficient (Wildman–Crippen LogP) is 7.94. The maximum Gasteiger partial charge on any atom is 0.573 e. The number of rotatable bonds is 5. The number of aryl methyl sites for hydroxylation is 2. The van der Waals surface area contributed by atoms with Gasteiger partial charge in [0.1, 0.15) is 12.1 Å². The number of imidazole rings is 1. The first kappa shape index (κ1) is 28.5. The van der Waals surface area contributed by atoms with Gasteiger partial charge in [0.05, 0.1) is 27.7 Å². The van der Waals surface area contributed by atoms with E-state index in [4.69, 9.17) is 0 Å². The van der Waals surface area contributed by atoms with E-state index in [2.05, 4.69) is 19.9 Å². The summed E-state index contributed by atoms with van der Waals surface area (Å²) >= 11 is 1.38. The third-order valence-corrected chi connectivity index (χ3v) is 8.31. The Kier molecular flexibility index (Phi) is 7.00. The highest BCUT2D eigenvalue weighted by Crippen LogP contribution is 2.41. The molecule has 2 heterocycles. The summed E-state index contributed by atoms with van der Waals surface area (Å²) in [6.07, 6.45) is -1.46. The summed E-state index contributed by atoms with van der Waals surface area (Å²) in [4.78, 5) is 19.5. The van der Waals surface area contributed by atoms with Crippen LogP contribution in [0.2, 0.25) is 0 Å². The van der Waals surface area contributed by atoms with E-state index >= 15 is 0 Å². The SMILES string of the molecule is Cc1cccc(C)c1N1C(=O)C(C)(C)S/C1=N\N=C\c1ccc2c(ccc3c2ncn3-c2ccc(OC(F)(F)F)cc2)c1. The van der Waals surface area contributed by atoms with Crippen LogP contribution in [0.3, 0.4) is 0 Å². The Bertz CT molecular complexity index is 1920. The maximum atomic E-state index is 13.3. The van der Waals surface area contributed by atoms with Crippen LogP contribution in [0.4, 0.5) is 18.9 Å². The number of anilines is 1. The van der Waals surface area contributed by atoms with Crippen LogP contribution < -0.4 is 9.64 Å². The van der Waals surface area contributed by atoms with Crippen molar-refractivity contribution in [2.75, 3.05) is 4.90 Å². The third kappa shape index (κ3) is 5.48. The number of thioether (sulfide) groups is 1. The van der Waals surface area contributed by atoms with Gasteiger partial charge in [-0.2, -0.15) is 5.10 Å². The molecule has 0 N–H and O–H groups in total. The van der Waals surface area contributed by atoms with Crippen molar-refractivity contribution in [1.29, 1.82) is 0 Å². The molecule has 218 valence electrons. The molecule has 5 aromatic rings. The Morgan fingerprint density at radius 1 is 0.977 bits per heavy atom. The zero-order chi connectivity index (χ0) is 30.5. The molecule has 1 aromatic heterocycles. The molecule has 1 aliphatic heterocycles. The normalized spacial score (nSPS) is 16.3. The molecule has 43 heavy (non-hydrogen) atoms. The van der Waals surface area contributed by atoms with E-state index in [-0.39, 0.29) is 11.7 Å². The molecule has 1 fully saturated rings. The minimum absolute atomic E-state index is 0.0383. The van der Waals surface area contributed by atoms with Gasteiger partial charge < -0.3 is 4.74 Å². The van der Waals surface area contributed by atoms with Crippen molar-refractivity contribution in [3.05, 3.63) is 95.8 Å². The number of aromatic nitrogens is 2. The lowest BCUT2D eigenvalue weighted by Gasteiger charge is -2.21. The quantitative estimate of drug-likeness (QED) is 0.151. The highest BCUT2D eigenvalue weighted by molar-refractivity contribution is 8.16. The minimum atomic E-state index is -4.75. The monoisotopic (exact) mass is 601 g/mol. The summed E-state index contributed by atoms with van der Waals surface area (Å²) < 4.78 is 42.7. The van der Waals surface area contributed by atoms with E-state index < -0.39 is 11.1 Å². The molecular weight excluding hydrogens is 575 g/mol. The predicted molar refractivity (Wildman–Crippen MR) is 165 cm³/mol. The molecule has 11 heteroatoms. The van der Waals surface area contributed by atoms with E-state index in [9.17, 15) is 18.0 Å². The Morgan fingerprint density at radius 2 is 1.70 bits per heavy atom. The van der Waals surface area contributed by atoms with Gasteiger partial charge in [-0.15, -0.1) is 18.3 Å². The summed E-state index contributed by atoms with van der Waals surface area (Å²) in [6.45, 7) is 7.72. The molecule has 0 unspecified atom stereocenters. The molecule has 1 saturated heterocycles. The number of hydrogen-bond acceptors (Lipinski definition) is 6. The minimum Gasteiger partial charge on any atom is -0.406 e. The van der Waals surface area contributed by atoms with Gasteiger partial charge in [0.2, 0.25) is 5.91 Å². The van der Waals surface area contributed by atoms with E-state index in [0.717, 1.165) is 44.2 Å². The fourth-order valence-electron chi connectivity index (χ4n) is 5.16. The van der Waals surface area contributed by atoms with Crippen molar-refractivity contribution in [2.24, 2.45) is 10.2 Å². The summed E-state index contributed by atoms with van der Waals surface area (Å²) in [5.41, 5.74) is 5.84. The second-order valence-corrected chi connectivity index (χ2v) is 12.3. The third-order valence-electron chi connectivity index (χ3n) is 7.17. The van der Waals surface area contributed by atoms with Crippen LogP contribution in [0.5, 0.6) is 5.75 Å². The van der Waals surface area contributed by atoms with Crippen molar-refractivity contribution in [3.63, 3.8) is 0 Å². The Hall–Kier alpha value is -4.64. The number of nitrogens with zero attached hydrogens (tertiary/aromatic N) is 5. The molecule has 0 bridgehead atoms. The van der Waals surface area contributed by atoms with Crippen molar-refractivity contribution >= 4 is 56.5 Å². The molecule has 6 rings (SSSR count). The van der Waals surface area contributed by atoms with Gasteiger partial charge in [0, 0.05) is 11.1 Å². The summed E-state index contributed by atoms with van der Waals surface area (Å²) in [6, 6.07) is 21.3. The van der Waals surface area contributed by atoms with Crippen LogP contribution in [-0.2, 0) is 4.79 Å². The van der Waals surface area contributed by atoms with Crippen molar-refractivity contribution in [1.82, 2.24) is 9.55 Å². The number of halogens is 3. The van der Waals surface area contributed by atoms with Gasteiger partial charge in [0.15, 0.2) is 5.17 Å². The molecule has 0 radical (unpaired) electrons. The molecule has 0 saturated carbocycles. The lowest BCUT2D eigenvalue weighted by atomic mass is 10.1. The van der Waals surface area contributed by atoms with Gasteiger partial charge in [0.25, 0.3) is 0 Å². The number of benzene rings is 4. The molecule has 0 spiro atoms. The van der Waals surface area contributed by atoms with Crippen molar-refractivity contribution < 1.29 is 22.7 Å². The van der Waals surface area contributed by atoms with Crippen LogP contribution in [-0.4, -0.2) is 37.9 Å². The second-order valence-electron chi connectivity index (χ2n) is 10.7. The molecular formula is C32H26F3N5O2S. The average molecular weight is 602 g/mol. The van der Waals surface area contributed by atoms with Crippen LogP contribution in [0.15, 0.2) is 89.3 Å². The van der Waals surface area contributed by atoms with E-state index in [0.29, 0.717) is 10.9 Å². The topological polar surface area (TPSA) is 72.1 Å². The van der Waals surface area contributed by atoms with Crippen LogP contribution in [0.1, 0.15) is 30.5 Å². The van der Waals surface area contributed by atoms with Crippen molar-refractivity contribution in [3.8, 4) is 11.4 Å². The Balaban J connectivity index is 1.28. The van der Waals surface area contributed by atoms with Crippen molar-refractivity contribution in [2.45, 2.75) is 38.8 Å². The van der Waals surface area contributed by atoms with Gasteiger partial charge in [-0.3, -0.25) is 14.3 Å². The van der Waals surface area contributed by atoms with Gasteiger partial charge in [-0.1, -0.05) is 48.2 Å². The molecule has 1 amide bonds. The lowest BCUT2D eigenvalue weighted by molar-refractivity contribution is -0.274. The summed E-state index contributed by atoms with van der Waals surface area (Å²) in [5.74, 6) is -0.325. The fraction of sp³-hybridized carbons (Fsp3) is 0.188. The first-order valence-electron chi connectivity index (χ1n) is 13.4. The number of ether oxygens (including phenoxy) is 1. The number of carbonyl (C=O) groups excluding carboxylic acids is 1. The highest BCUT2D eigenvalue weighted by atomic mass is 32.2. The molecule has 4 aromatic carbocycles. The van der Waals surface area contributed by atoms with Crippen LogP contribution in [0.25, 0.3) is 27.5 Å². The van der Waals surface area contributed by atoms with Gasteiger partial charge in [-0.25, -0.2) is 4.98 Å². The Morgan fingerprint density at radius 3 is 2.40 bits per heavy atom. The number of amides is 1. The highest BCUT2D eigenvalue weighted by Gasteiger charge is 2.46. The second kappa shape index (κ2) is 10.6. The van der Waals surface area contributed by atoms with Crippen LogP contribution in [0, 0.1) is 13.8 Å². The van der Waals surface area contributed by atoms with Gasteiger partial charge in [-0.05, 0) is 86.2 Å². The van der Waals surface area contributed by atoms with Gasteiger partial charge >= 0.3 is 6.36 Å². The number of alkyl halides is 3. The van der Waals surface area contributed by atoms with E-state index in [1.165, 1.54) is 23.9 Å².